The smallest absolute Gasteiger partial charge is 0.0799 e. The summed E-state index contributed by atoms with van der Waals surface area (Å²) < 4.78 is 8.44. The summed E-state index contributed by atoms with van der Waals surface area (Å²) in [6.07, 6.45) is 3.89. The van der Waals surface area contributed by atoms with E-state index in [0.29, 0.717) is 0 Å². The van der Waals surface area contributed by atoms with Crippen LogP contribution in [-0.4, -0.2) is 18.0 Å². The van der Waals surface area contributed by atoms with Crippen molar-refractivity contribution in [2.75, 3.05) is 0 Å². The monoisotopic (exact) mass is 692 g/mol. The third-order valence-electron chi connectivity index (χ3n) is 6.09. The molecule has 0 fully saturated rings. The van der Waals surface area contributed by atoms with Gasteiger partial charge in [0.1, 0.15) is 0 Å². The van der Waals surface area contributed by atoms with Crippen molar-refractivity contribution in [1.29, 1.82) is 0 Å². The first-order chi connectivity index (χ1) is 18.1. The second kappa shape index (κ2) is 13.6. The van der Waals surface area contributed by atoms with E-state index >= 15 is 0 Å². The molecule has 0 unspecified atom stereocenters. The van der Waals surface area contributed by atoms with Crippen LogP contribution in [0.3, 0.4) is 0 Å². The summed E-state index contributed by atoms with van der Waals surface area (Å²) in [5.74, 6) is -0.609. The first-order valence-corrected chi connectivity index (χ1v) is 16.1. The molecule has 0 amide bonds. The van der Waals surface area contributed by atoms with E-state index in [1.165, 1.54) is 10.8 Å². The Balaban J connectivity index is 0.000000211. The quantitative estimate of drug-likeness (QED) is 0.137. The van der Waals surface area contributed by atoms with Crippen LogP contribution in [0.15, 0.2) is 109 Å². The average molecular weight is 692 g/mol. The molecular formula is C34H34IrN2Si-2. The van der Waals surface area contributed by atoms with Crippen molar-refractivity contribution in [3.8, 4) is 33.6 Å². The zero-order chi connectivity index (χ0) is 27.2. The van der Waals surface area contributed by atoms with Crippen LogP contribution in [0, 0.1) is 12.1 Å². The summed E-state index contributed by atoms with van der Waals surface area (Å²) in [5.41, 5.74) is 7.29. The molecule has 0 bridgehead atoms. The van der Waals surface area contributed by atoms with Crippen LogP contribution in [0.25, 0.3) is 33.6 Å². The van der Waals surface area contributed by atoms with Gasteiger partial charge in [-0.25, -0.2) is 0 Å². The van der Waals surface area contributed by atoms with Gasteiger partial charge in [0.2, 0.25) is 0 Å². The molecule has 2 nitrogen and oxygen atoms in total. The summed E-state index contributed by atoms with van der Waals surface area (Å²) in [6, 6.07) is 38.6. The fraction of sp³-hybridized carbons (Fsp3) is 0.176. The van der Waals surface area contributed by atoms with E-state index in [4.69, 9.17) is 1.37 Å². The molecule has 195 valence electrons. The van der Waals surface area contributed by atoms with Gasteiger partial charge in [0.05, 0.1) is 8.07 Å². The third-order valence-corrected chi connectivity index (χ3v) is 8.11. The minimum atomic E-state index is -1.50. The fourth-order valence-corrected chi connectivity index (χ4v) is 5.66. The van der Waals surface area contributed by atoms with Gasteiger partial charge in [0.25, 0.3) is 0 Å². The molecule has 38 heavy (non-hydrogen) atoms. The Labute approximate surface area is 244 Å². The minimum Gasteiger partial charge on any atom is -0.305 e. The molecule has 0 aliphatic carbocycles. The van der Waals surface area contributed by atoms with Crippen LogP contribution in [0.1, 0.15) is 26.7 Å². The van der Waals surface area contributed by atoms with Crippen molar-refractivity contribution in [1.82, 2.24) is 9.97 Å². The first-order valence-electron chi connectivity index (χ1n) is 13.1. The Morgan fingerprint density at radius 2 is 1.26 bits per heavy atom. The fourth-order valence-electron chi connectivity index (χ4n) is 4.07. The zero-order valence-electron chi connectivity index (χ0n) is 23.6. The Morgan fingerprint density at radius 1 is 0.684 bits per heavy atom. The topological polar surface area (TPSA) is 25.8 Å². The van der Waals surface area contributed by atoms with Gasteiger partial charge in [0, 0.05) is 33.9 Å². The van der Waals surface area contributed by atoms with Crippen LogP contribution >= 0.6 is 0 Å². The number of aromatic nitrogens is 2. The largest absolute Gasteiger partial charge is 0.305 e. The van der Waals surface area contributed by atoms with Gasteiger partial charge in [-0.15, -0.1) is 71.8 Å². The zero-order valence-corrected chi connectivity index (χ0v) is 26.0. The maximum absolute atomic E-state index is 8.44. The Kier molecular flexibility index (Phi) is 9.95. The summed E-state index contributed by atoms with van der Waals surface area (Å²) in [7, 11) is -1.50. The van der Waals surface area contributed by atoms with Crippen LogP contribution in [0.5, 0.6) is 0 Å². The van der Waals surface area contributed by atoms with Gasteiger partial charge in [-0.1, -0.05) is 87.6 Å². The third kappa shape index (κ3) is 7.67. The minimum absolute atomic E-state index is 0. The van der Waals surface area contributed by atoms with Crippen molar-refractivity contribution >= 4 is 13.3 Å². The number of rotatable bonds is 5. The maximum Gasteiger partial charge on any atom is 0.0799 e. The van der Waals surface area contributed by atoms with E-state index in [-0.39, 0.29) is 20.1 Å². The predicted octanol–water partition coefficient (Wildman–Crippen LogP) is 8.43. The van der Waals surface area contributed by atoms with Crippen LogP contribution < -0.4 is 5.19 Å². The number of benzene rings is 3. The second-order valence-corrected chi connectivity index (χ2v) is 15.3. The number of hydrogen-bond donors (Lipinski definition) is 0. The molecule has 1 radical (unpaired) electrons. The van der Waals surface area contributed by atoms with E-state index in [9.17, 15) is 0 Å². The van der Waals surface area contributed by atoms with Gasteiger partial charge >= 0.3 is 0 Å². The first kappa shape index (κ1) is 27.9. The van der Waals surface area contributed by atoms with Crippen molar-refractivity contribution in [2.45, 2.75) is 39.4 Å². The van der Waals surface area contributed by atoms with Gasteiger partial charge < -0.3 is 9.97 Å². The molecule has 2 aromatic heterocycles. The van der Waals surface area contributed by atoms with Crippen LogP contribution in [-0.2, 0) is 20.1 Å². The normalized spacial score (nSPS) is 11.4. The van der Waals surface area contributed by atoms with Gasteiger partial charge in [-0.2, -0.15) is 0 Å². The molecule has 2 heterocycles. The standard InChI is InChI=1S/C17H22NSi.C17H12N.Ir/c1-13(2)15-11-16(14-9-7-6-8-10-14)18-12-17(15)19(3,4)5;1-3-7-14(8-4-1)16-11-12-17(18-13-16)15-9-5-2-6-10-15;/h6-9,11-13H,1-5H3;1-9,11-13H;/q2*-1;/i13D;;. The number of hydrogen-bond acceptors (Lipinski definition) is 2. The van der Waals surface area contributed by atoms with E-state index in [1.807, 2.05) is 99.0 Å². The van der Waals surface area contributed by atoms with E-state index in [0.717, 1.165) is 33.6 Å². The molecule has 5 rings (SSSR count). The Hall–Kier alpha value is -3.17. The maximum atomic E-state index is 8.44. The van der Waals surface area contributed by atoms with Crippen LogP contribution in [0.2, 0.25) is 19.6 Å². The molecule has 3 aromatic carbocycles. The van der Waals surface area contributed by atoms with Crippen molar-refractivity contribution in [3.63, 3.8) is 0 Å². The molecular weight excluding hydrogens is 657 g/mol. The second-order valence-electron chi connectivity index (χ2n) is 10.2. The predicted molar refractivity (Wildman–Crippen MR) is 160 cm³/mol. The van der Waals surface area contributed by atoms with E-state index < -0.39 is 14.0 Å². The summed E-state index contributed by atoms with van der Waals surface area (Å²) in [6.45, 7) is 10.8. The number of nitrogens with zero attached hydrogens (tertiary/aromatic N) is 2. The van der Waals surface area contributed by atoms with Crippen molar-refractivity contribution in [2.24, 2.45) is 0 Å². The summed E-state index contributed by atoms with van der Waals surface area (Å²) in [5, 5.41) is 1.28. The molecule has 0 aliphatic rings. The van der Waals surface area contributed by atoms with Crippen molar-refractivity contribution < 1.29 is 21.5 Å². The molecule has 5 aromatic rings. The summed E-state index contributed by atoms with van der Waals surface area (Å²) in [4.78, 5) is 9.10. The van der Waals surface area contributed by atoms with E-state index in [2.05, 4.69) is 66.0 Å². The van der Waals surface area contributed by atoms with Gasteiger partial charge in [0.15, 0.2) is 0 Å². The Morgan fingerprint density at radius 3 is 1.76 bits per heavy atom. The van der Waals surface area contributed by atoms with Crippen LogP contribution in [0.4, 0.5) is 0 Å². The molecule has 0 N–H and O–H groups in total. The number of pyridine rings is 2. The SMILES string of the molecule is [2H]C(C)(C)c1cc(-c2[c-]cccc2)ncc1[Si](C)(C)C.[Ir].[c-]1ccccc1-c1ccc(-c2ccccc2)cn1. The molecule has 0 saturated carbocycles. The average Bonchev–Trinajstić information content (AvgIpc) is 2.94. The molecule has 4 heteroatoms. The Bertz CT molecular complexity index is 1390. The molecule has 0 aliphatic heterocycles. The molecule has 0 saturated heterocycles. The van der Waals surface area contributed by atoms with E-state index in [1.54, 1.807) is 0 Å². The summed E-state index contributed by atoms with van der Waals surface area (Å²) >= 11 is 0. The van der Waals surface area contributed by atoms with Gasteiger partial charge in [-0.05, 0) is 33.6 Å². The van der Waals surface area contributed by atoms with Crippen molar-refractivity contribution in [3.05, 3.63) is 127 Å². The molecule has 0 spiro atoms. The molecule has 0 atom stereocenters. The van der Waals surface area contributed by atoms with Gasteiger partial charge in [-0.3, -0.25) is 0 Å².